The van der Waals surface area contributed by atoms with Crippen LogP contribution in [-0.2, 0) is 16.0 Å². The van der Waals surface area contributed by atoms with Gasteiger partial charge in [0.05, 0.1) is 29.6 Å². The van der Waals surface area contributed by atoms with Crippen LogP contribution >= 0.6 is 0 Å². The van der Waals surface area contributed by atoms with Crippen molar-refractivity contribution in [3.63, 3.8) is 0 Å². The number of hydrogen-bond acceptors (Lipinski definition) is 5. The number of ether oxygens (including phenoxy) is 1. The summed E-state index contributed by atoms with van der Waals surface area (Å²) in [6.45, 7) is 3.56. The van der Waals surface area contributed by atoms with Crippen molar-refractivity contribution in [1.29, 1.82) is 0 Å². The van der Waals surface area contributed by atoms with Crippen molar-refractivity contribution in [2.24, 2.45) is 5.92 Å². The molecule has 2 aliphatic rings. The number of benzene rings is 1. The van der Waals surface area contributed by atoms with E-state index >= 15 is 0 Å². The standard InChI is InChI=1S/C26H26N2O4/c1-17-14-18(16-19-6-5-12-31-19)25-21(15-17)24(20-7-2-3-8-22(20)27-25)26(30)32-13-11-28-10-4-9-23(28)29/h2-3,5-8,12,16-17H,4,9-11,13-15H2,1H3/b18-16-. The first-order valence-corrected chi connectivity index (χ1v) is 11.2. The molecule has 32 heavy (non-hydrogen) atoms. The minimum atomic E-state index is -0.349. The molecule has 1 atom stereocenters. The van der Waals surface area contributed by atoms with Gasteiger partial charge in [-0.25, -0.2) is 9.78 Å². The van der Waals surface area contributed by atoms with Gasteiger partial charge in [0.15, 0.2) is 0 Å². The van der Waals surface area contributed by atoms with Crippen LogP contribution in [0.4, 0.5) is 0 Å². The van der Waals surface area contributed by atoms with Crippen molar-refractivity contribution in [1.82, 2.24) is 9.88 Å². The number of carbonyl (C=O) groups excluding carboxylic acids is 2. The predicted octanol–water partition coefficient (Wildman–Crippen LogP) is 4.73. The molecule has 6 nitrogen and oxygen atoms in total. The third-order valence-electron chi connectivity index (χ3n) is 6.25. The van der Waals surface area contributed by atoms with Gasteiger partial charge in [0.1, 0.15) is 12.4 Å². The Labute approximate surface area is 186 Å². The van der Waals surface area contributed by atoms with Gasteiger partial charge in [0.2, 0.25) is 5.91 Å². The van der Waals surface area contributed by atoms with Crippen LogP contribution in [0.3, 0.4) is 0 Å². The van der Waals surface area contributed by atoms with E-state index in [1.54, 1.807) is 11.2 Å². The fraction of sp³-hybridized carbons (Fsp3) is 0.346. The van der Waals surface area contributed by atoms with Crippen molar-refractivity contribution in [2.45, 2.75) is 32.6 Å². The van der Waals surface area contributed by atoms with Crippen LogP contribution in [0.2, 0.25) is 0 Å². The number of pyridine rings is 1. The Bertz CT molecular complexity index is 1200. The summed E-state index contributed by atoms with van der Waals surface area (Å²) in [6.07, 6.45) is 6.75. The molecule has 1 fully saturated rings. The Kier molecular flexibility index (Phi) is 5.52. The number of amides is 1. The second-order valence-corrected chi connectivity index (χ2v) is 8.65. The Morgan fingerprint density at radius 3 is 2.91 bits per heavy atom. The van der Waals surface area contributed by atoms with Gasteiger partial charge >= 0.3 is 5.97 Å². The second kappa shape index (κ2) is 8.61. The van der Waals surface area contributed by atoms with Crippen molar-refractivity contribution >= 4 is 34.4 Å². The molecule has 1 aliphatic carbocycles. The lowest BCUT2D eigenvalue weighted by Crippen LogP contribution is -2.29. The maximum Gasteiger partial charge on any atom is 0.339 e. The summed E-state index contributed by atoms with van der Waals surface area (Å²) in [5, 5.41) is 0.806. The van der Waals surface area contributed by atoms with E-state index in [-0.39, 0.29) is 18.5 Å². The molecule has 0 N–H and O–H groups in total. The Hall–Kier alpha value is -3.41. The Morgan fingerprint density at radius 2 is 2.12 bits per heavy atom. The summed E-state index contributed by atoms with van der Waals surface area (Å²) in [7, 11) is 0. The highest BCUT2D eigenvalue weighted by Gasteiger charge is 2.29. The quantitative estimate of drug-likeness (QED) is 0.547. The molecule has 0 bridgehead atoms. The van der Waals surface area contributed by atoms with Gasteiger partial charge < -0.3 is 14.1 Å². The number of rotatable bonds is 5. The summed E-state index contributed by atoms with van der Waals surface area (Å²) in [6, 6.07) is 11.5. The number of esters is 1. The van der Waals surface area contributed by atoms with E-state index in [9.17, 15) is 9.59 Å². The van der Waals surface area contributed by atoms with Crippen molar-refractivity contribution < 1.29 is 18.7 Å². The molecule has 0 radical (unpaired) electrons. The highest BCUT2D eigenvalue weighted by Crippen LogP contribution is 2.38. The zero-order valence-electron chi connectivity index (χ0n) is 18.2. The molecule has 1 aliphatic heterocycles. The lowest BCUT2D eigenvalue weighted by molar-refractivity contribution is -0.128. The van der Waals surface area contributed by atoms with E-state index in [2.05, 4.69) is 6.92 Å². The molecule has 0 spiro atoms. The number of hydrogen-bond donors (Lipinski definition) is 0. The number of nitrogens with zero attached hydrogens (tertiary/aromatic N) is 2. The third-order valence-corrected chi connectivity index (χ3v) is 6.25. The highest BCUT2D eigenvalue weighted by atomic mass is 16.5. The molecular weight excluding hydrogens is 404 g/mol. The number of aromatic nitrogens is 1. The molecule has 1 aromatic carbocycles. The maximum atomic E-state index is 13.3. The van der Waals surface area contributed by atoms with E-state index in [1.165, 1.54) is 0 Å². The minimum Gasteiger partial charge on any atom is -0.465 e. The van der Waals surface area contributed by atoms with Crippen molar-refractivity contribution in [3.8, 4) is 0 Å². The average Bonchev–Trinajstić information content (AvgIpc) is 3.44. The number of furan rings is 1. The van der Waals surface area contributed by atoms with Crippen LogP contribution in [0, 0.1) is 5.92 Å². The van der Waals surface area contributed by atoms with Crippen LogP contribution < -0.4 is 0 Å². The molecule has 164 valence electrons. The summed E-state index contributed by atoms with van der Waals surface area (Å²) in [5.41, 5.74) is 4.21. The summed E-state index contributed by atoms with van der Waals surface area (Å²) < 4.78 is 11.2. The molecule has 1 unspecified atom stereocenters. The Morgan fingerprint density at radius 1 is 1.25 bits per heavy atom. The van der Waals surface area contributed by atoms with E-state index in [0.717, 1.165) is 59.3 Å². The lowest BCUT2D eigenvalue weighted by Gasteiger charge is -2.26. The monoisotopic (exact) mass is 430 g/mol. The van der Waals surface area contributed by atoms with Crippen LogP contribution in [0.25, 0.3) is 22.6 Å². The number of fused-ring (bicyclic) bond motifs is 2. The molecule has 1 saturated heterocycles. The van der Waals surface area contributed by atoms with Gasteiger partial charge in [-0.15, -0.1) is 0 Å². The molecular formula is C26H26N2O4. The van der Waals surface area contributed by atoms with Crippen molar-refractivity contribution in [3.05, 3.63) is 65.2 Å². The van der Waals surface area contributed by atoms with E-state index in [0.29, 0.717) is 24.4 Å². The first-order valence-electron chi connectivity index (χ1n) is 11.2. The average molecular weight is 431 g/mol. The lowest BCUT2D eigenvalue weighted by atomic mass is 9.81. The molecule has 2 aromatic heterocycles. The van der Waals surface area contributed by atoms with Crippen LogP contribution in [0.5, 0.6) is 0 Å². The predicted molar refractivity (Wildman–Crippen MR) is 122 cm³/mol. The fourth-order valence-electron chi connectivity index (χ4n) is 4.78. The normalized spacial score (nSPS) is 19.5. The van der Waals surface area contributed by atoms with Crippen LogP contribution in [0.15, 0.2) is 47.1 Å². The van der Waals surface area contributed by atoms with Crippen LogP contribution in [0.1, 0.15) is 53.6 Å². The van der Waals surface area contributed by atoms with Gasteiger partial charge in [0.25, 0.3) is 0 Å². The summed E-state index contributed by atoms with van der Waals surface area (Å²) in [5.74, 6) is 0.919. The van der Waals surface area contributed by atoms with Gasteiger partial charge in [-0.3, -0.25) is 4.79 Å². The van der Waals surface area contributed by atoms with E-state index in [4.69, 9.17) is 14.1 Å². The van der Waals surface area contributed by atoms with E-state index < -0.39 is 0 Å². The SMILES string of the molecule is CC1C/C(=C/c2ccco2)c2nc3ccccc3c(C(=O)OCCN3CCCC3=O)c2C1. The van der Waals surface area contributed by atoms with Gasteiger partial charge in [0, 0.05) is 18.4 Å². The first-order chi connectivity index (χ1) is 15.6. The van der Waals surface area contributed by atoms with Crippen molar-refractivity contribution in [2.75, 3.05) is 19.7 Å². The van der Waals surface area contributed by atoms with E-state index in [1.807, 2.05) is 42.5 Å². The van der Waals surface area contributed by atoms with Crippen LogP contribution in [-0.4, -0.2) is 41.5 Å². The Balaban J connectivity index is 1.52. The molecule has 0 saturated carbocycles. The smallest absolute Gasteiger partial charge is 0.339 e. The van der Waals surface area contributed by atoms with Gasteiger partial charge in [-0.2, -0.15) is 0 Å². The van der Waals surface area contributed by atoms with Gasteiger partial charge in [-0.1, -0.05) is 25.1 Å². The summed E-state index contributed by atoms with van der Waals surface area (Å²) >= 11 is 0. The fourth-order valence-corrected chi connectivity index (χ4v) is 4.78. The molecule has 6 heteroatoms. The first kappa shape index (κ1) is 20.5. The summed E-state index contributed by atoms with van der Waals surface area (Å²) in [4.78, 5) is 31.9. The molecule has 3 aromatic rings. The molecule has 3 heterocycles. The number of likely N-dealkylation sites (tertiary alicyclic amines) is 1. The molecule has 5 rings (SSSR count). The zero-order chi connectivity index (χ0) is 22.1. The number of para-hydroxylation sites is 1. The largest absolute Gasteiger partial charge is 0.465 e. The maximum absolute atomic E-state index is 13.3. The number of allylic oxidation sites excluding steroid dienone is 1. The minimum absolute atomic E-state index is 0.134. The second-order valence-electron chi connectivity index (χ2n) is 8.65. The zero-order valence-corrected chi connectivity index (χ0v) is 18.2. The number of carbonyl (C=O) groups is 2. The van der Waals surface area contributed by atoms with Gasteiger partial charge in [-0.05, 0) is 60.6 Å². The molecule has 1 amide bonds. The highest BCUT2D eigenvalue weighted by molar-refractivity contribution is 6.06. The topological polar surface area (TPSA) is 72.6 Å². The third kappa shape index (κ3) is 3.93.